The minimum atomic E-state index is -0.843. The lowest BCUT2D eigenvalue weighted by Gasteiger charge is -2.04. The summed E-state index contributed by atoms with van der Waals surface area (Å²) in [4.78, 5) is 27.0. The van der Waals surface area contributed by atoms with Gasteiger partial charge >= 0.3 is 5.97 Å². The lowest BCUT2D eigenvalue weighted by atomic mass is 10.2. The second-order valence-electron chi connectivity index (χ2n) is 4.27. The summed E-state index contributed by atoms with van der Waals surface area (Å²) in [6, 6.07) is 0. The van der Waals surface area contributed by atoms with Gasteiger partial charge in [-0.2, -0.15) is 0 Å². The number of carbonyl (C=O) groups is 2. The summed E-state index contributed by atoms with van der Waals surface area (Å²) in [5.41, 5.74) is 0. The van der Waals surface area contributed by atoms with Crippen molar-refractivity contribution in [2.45, 2.75) is 18.9 Å². The third kappa shape index (κ3) is 4.46. The van der Waals surface area contributed by atoms with Crippen LogP contribution in [0.4, 0.5) is 0 Å². The van der Waals surface area contributed by atoms with Crippen molar-refractivity contribution in [3.63, 3.8) is 0 Å². The number of carboxylic acid groups (broad SMARTS) is 1. The number of carbonyl (C=O) groups excluding carboxylic acids is 1. The van der Waals surface area contributed by atoms with Gasteiger partial charge in [0.2, 0.25) is 0 Å². The molecule has 0 aliphatic carbocycles. The molecule has 0 spiro atoms. The van der Waals surface area contributed by atoms with E-state index in [0.717, 1.165) is 24.5 Å². The highest BCUT2D eigenvalue weighted by Crippen LogP contribution is 2.31. The van der Waals surface area contributed by atoms with Crippen LogP contribution in [0, 0.1) is 0 Å². The Morgan fingerprint density at radius 2 is 2.45 bits per heavy atom. The van der Waals surface area contributed by atoms with Gasteiger partial charge in [0, 0.05) is 18.9 Å². The maximum Gasteiger partial charge on any atom is 0.313 e. The first-order valence-electron chi connectivity index (χ1n) is 6.32. The van der Waals surface area contributed by atoms with E-state index in [-0.39, 0.29) is 17.8 Å². The Hall–Kier alpha value is -1.12. The molecule has 0 bridgehead atoms. The minimum absolute atomic E-state index is 0.0349. The first-order chi connectivity index (χ1) is 9.66. The van der Waals surface area contributed by atoms with Gasteiger partial charge in [0.05, 0.1) is 11.9 Å². The van der Waals surface area contributed by atoms with Crippen LogP contribution in [0.1, 0.15) is 33.6 Å². The van der Waals surface area contributed by atoms with E-state index in [0.29, 0.717) is 17.2 Å². The number of rotatable bonds is 7. The van der Waals surface area contributed by atoms with E-state index in [2.05, 4.69) is 10.3 Å². The molecule has 0 aromatic carbocycles. The maximum atomic E-state index is 11.9. The average molecular weight is 316 g/mol. The van der Waals surface area contributed by atoms with E-state index in [1.54, 1.807) is 6.20 Å². The van der Waals surface area contributed by atoms with E-state index in [9.17, 15) is 9.59 Å². The molecule has 1 saturated heterocycles. The SMILES string of the molecule is O=C(O)CSCCNC(=O)c1cnc(C2CCCO2)s1. The normalized spacial score (nSPS) is 18.1. The highest BCUT2D eigenvalue weighted by molar-refractivity contribution is 7.99. The summed E-state index contributed by atoms with van der Waals surface area (Å²) in [5.74, 6) is -0.373. The maximum absolute atomic E-state index is 11.9. The minimum Gasteiger partial charge on any atom is -0.481 e. The number of carboxylic acids is 1. The molecular weight excluding hydrogens is 300 g/mol. The van der Waals surface area contributed by atoms with E-state index < -0.39 is 5.97 Å². The van der Waals surface area contributed by atoms with E-state index in [1.807, 2.05) is 0 Å². The van der Waals surface area contributed by atoms with Crippen molar-refractivity contribution >= 4 is 35.0 Å². The molecule has 8 heteroatoms. The molecule has 1 unspecified atom stereocenters. The van der Waals surface area contributed by atoms with Gasteiger partial charge in [-0.1, -0.05) is 0 Å². The number of thioether (sulfide) groups is 1. The number of thiazole rings is 1. The van der Waals surface area contributed by atoms with Crippen LogP contribution in [0.3, 0.4) is 0 Å². The Kier molecular flexibility index (Phi) is 5.81. The summed E-state index contributed by atoms with van der Waals surface area (Å²) in [5, 5.41) is 12.1. The molecule has 1 aromatic heterocycles. The van der Waals surface area contributed by atoms with Crippen molar-refractivity contribution in [2.75, 3.05) is 24.7 Å². The Balaban J connectivity index is 1.73. The molecule has 1 amide bonds. The first kappa shape index (κ1) is 15.3. The largest absolute Gasteiger partial charge is 0.481 e. The Labute approximate surface area is 124 Å². The second-order valence-corrected chi connectivity index (χ2v) is 6.43. The van der Waals surface area contributed by atoms with Crippen LogP contribution in [-0.2, 0) is 9.53 Å². The van der Waals surface area contributed by atoms with E-state index in [4.69, 9.17) is 9.84 Å². The van der Waals surface area contributed by atoms with Crippen LogP contribution in [0.2, 0.25) is 0 Å². The smallest absolute Gasteiger partial charge is 0.313 e. The van der Waals surface area contributed by atoms with E-state index >= 15 is 0 Å². The zero-order valence-corrected chi connectivity index (χ0v) is 12.5. The van der Waals surface area contributed by atoms with Crippen LogP contribution in [-0.4, -0.2) is 46.6 Å². The molecule has 2 N–H and O–H groups in total. The zero-order chi connectivity index (χ0) is 14.4. The van der Waals surface area contributed by atoms with Gasteiger partial charge in [-0.3, -0.25) is 9.59 Å². The highest BCUT2D eigenvalue weighted by atomic mass is 32.2. The third-order valence-corrected chi connectivity index (χ3v) is 4.74. The second kappa shape index (κ2) is 7.61. The summed E-state index contributed by atoms with van der Waals surface area (Å²) in [6.07, 6.45) is 3.60. The van der Waals surface area contributed by atoms with Gasteiger partial charge in [-0.15, -0.1) is 23.1 Å². The van der Waals surface area contributed by atoms with Crippen molar-refractivity contribution < 1.29 is 19.4 Å². The van der Waals surface area contributed by atoms with E-state index in [1.165, 1.54) is 23.1 Å². The van der Waals surface area contributed by atoms with Crippen LogP contribution in [0.5, 0.6) is 0 Å². The number of ether oxygens (including phenoxy) is 1. The Morgan fingerprint density at radius 1 is 1.60 bits per heavy atom. The zero-order valence-electron chi connectivity index (χ0n) is 10.8. The number of amides is 1. The molecule has 1 fully saturated rings. The van der Waals surface area contributed by atoms with Crippen LogP contribution in [0.15, 0.2) is 6.20 Å². The quantitative estimate of drug-likeness (QED) is 0.742. The van der Waals surface area contributed by atoms with Crippen LogP contribution < -0.4 is 5.32 Å². The number of nitrogens with one attached hydrogen (secondary N) is 1. The fourth-order valence-corrected chi connectivity index (χ4v) is 3.28. The lowest BCUT2D eigenvalue weighted by Crippen LogP contribution is -2.25. The molecule has 0 radical (unpaired) electrons. The fourth-order valence-electron chi connectivity index (χ4n) is 1.80. The predicted octanol–water partition coefficient (Wildman–Crippen LogP) is 1.54. The molecular formula is C12H16N2O4S2. The van der Waals surface area contributed by atoms with Crippen molar-refractivity contribution in [3.05, 3.63) is 16.1 Å². The molecule has 0 saturated carbocycles. The monoisotopic (exact) mass is 316 g/mol. The number of aliphatic carboxylic acids is 1. The van der Waals surface area contributed by atoms with Crippen LogP contribution in [0.25, 0.3) is 0 Å². The number of hydrogen-bond acceptors (Lipinski definition) is 6. The van der Waals surface area contributed by atoms with Crippen molar-refractivity contribution in [1.82, 2.24) is 10.3 Å². The summed E-state index contributed by atoms with van der Waals surface area (Å²) in [6.45, 7) is 1.20. The van der Waals surface area contributed by atoms with Gasteiger partial charge in [-0.25, -0.2) is 4.98 Å². The summed E-state index contributed by atoms with van der Waals surface area (Å²) >= 11 is 2.64. The van der Waals surface area contributed by atoms with Crippen molar-refractivity contribution in [3.8, 4) is 0 Å². The molecule has 1 atom stereocenters. The molecule has 6 nitrogen and oxygen atoms in total. The van der Waals surface area contributed by atoms with Gasteiger partial charge < -0.3 is 15.2 Å². The van der Waals surface area contributed by atoms with Crippen molar-refractivity contribution in [1.29, 1.82) is 0 Å². The first-order valence-corrected chi connectivity index (χ1v) is 8.29. The molecule has 1 aliphatic rings. The number of nitrogens with zero attached hydrogens (tertiary/aromatic N) is 1. The fraction of sp³-hybridized carbons (Fsp3) is 0.583. The highest BCUT2D eigenvalue weighted by Gasteiger charge is 2.22. The predicted molar refractivity (Wildman–Crippen MR) is 77.3 cm³/mol. The van der Waals surface area contributed by atoms with Gasteiger partial charge in [-0.05, 0) is 12.8 Å². The van der Waals surface area contributed by atoms with Crippen LogP contribution >= 0.6 is 23.1 Å². The Bertz CT molecular complexity index is 472. The lowest BCUT2D eigenvalue weighted by molar-refractivity contribution is -0.133. The summed E-state index contributed by atoms with van der Waals surface area (Å²) in [7, 11) is 0. The molecule has 1 aromatic rings. The molecule has 110 valence electrons. The van der Waals surface area contributed by atoms with Gasteiger partial charge in [0.15, 0.2) is 0 Å². The number of hydrogen-bond donors (Lipinski definition) is 2. The van der Waals surface area contributed by atoms with Crippen molar-refractivity contribution in [2.24, 2.45) is 0 Å². The molecule has 2 rings (SSSR count). The third-order valence-electron chi connectivity index (χ3n) is 2.71. The topological polar surface area (TPSA) is 88.5 Å². The molecule has 2 heterocycles. The standard InChI is InChI=1S/C12H16N2O4S2/c15-10(16)7-19-5-3-13-11(17)9-6-14-12(20-9)8-2-1-4-18-8/h6,8H,1-5,7H2,(H,13,17)(H,15,16). The Morgan fingerprint density at radius 3 is 3.15 bits per heavy atom. The molecule has 1 aliphatic heterocycles. The summed E-state index contributed by atoms with van der Waals surface area (Å²) < 4.78 is 5.52. The van der Waals surface area contributed by atoms with Gasteiger partial charge in [0.25, 0.3) is 5.91 Å². The van der Waals surface area contributed by atoms with Gasteiger partial charge in [0.1, 0.15) is 16.0 Å². The average Bonchev–Trinajstić information content (AvgIpc) is 3.08. The number of aromatic nitrogens is 1. The molecule has 20 heavy (non-hydrogen) atoms.